The van der Waals surface area contributed by atoms with Crippen molar-refractivity contribution in [3.05, 3.63) is 81.0 Å². The first-order valence-corrected chi connectivity index (χ1v) is 8.20. The van der Waals surface area contributed by atoms with Crippen molar-refractivity contribution in [2.24, 2.45) is 10.7 Å². The molecule has 0 bridgehead atoms. The van der Waals surface area contributed by atoms with Gasteiger partial charge in [0.15, 0.2) is 0 Å². The van der Waals surface area contributed by atoms with Crippen molar-refractivity contribution in [3.8, 4) is 0 Å². The topological polar surface area (TPSA) is 111 Å². The Morgan fingerprint density at radius 2 is 1.97 bits per heavy atom. The summed E-state index contributed by atoms with van der Waals surface area (Å²) in [5, 5.41) is 13.4. The fraction of sp³-hybridized carbons (Fsp3) is 0.111. The number of nitrogens with zero attached hydrogens (tertiary/aromatic N) is 2. The molecule has 0 atom stereocenters. The Balaban J connectivity index is 0.000000326. The second kappa shape index (κ2) is 10.8. The molecular weight excluding hydrogens is 413 g/mol. The average molecular weight is 429 g/mol. The van der Waals surface area contributed by atoms with Gasteiger partial charge in [0, 0.05) is 28.5 Å². The van der Waals surface area contributed by atoms with Crippen LogP contribution in [0, 0.1) is 17.0 Å². The highest BCUT2D eigenvalue weighted by Crippen LogP contribution is 2.30. The van der Waals surface area contributed by atoms with Crippen molar-refractivity contribution in [1.82, 2.24) is 0 Å². The molecule has 0 aliphatic rings. The molecule has 0 radical (unpaired) electrons. The first kappa shape index (κ1) is 23.6. The number of aliphatic imine (C=N–C) groups is 1. The Morgan fingerprint density at radius 1 is 1.28 bits per heavy atom. The summed E-state index contributed by atoms with van der Waals surface area (Å²) in [6.45, 7) is 1.66. The van der Waals surface area contributed by atoms with Crippen LogP contribution in [-0.4, -0.2) is 17.2 Å². The molecule has 7 nitrogen and oxygen atoms in total. The Morgan fingerprint density at radius 3 is 2.52 bits per heavy atom. The first-order chi connectivity index (χ1) is 13.5. The van der Waals surface area contributed by atoms with Crippen molar-refractivity contribution < 1.29 is 22.9 Å². The minimum atomic E-state index is -4.39. The third-order valence-electron chi connectivity index (χ3n) is 3.25. The lowest BCUT2D eigenvalue weighted by Crippen LogP contribution is -2.08. The zero-order valence-electron chi connectivity index (χ0n) is 15.0. The molecule has 11 heteroatoms. The van der Waals surface area contributed by atoms with Crippen molar-refractivity contribution in [1.29, 1.82) is 0 Å². The molecule has 0 heterocycles. The van der Waals surface area contributed by atoms with E-state index in [1.807, 2.05) is 0 Å². The predicted octanol–water partition coefficient (Wildman–Crippen LogP) is 4.70. The number of nitrogens with two attached hydrogens (primary N) is 1. The number of rotatable bonds is 5. The van der Waals surface area contributed by atoms with E-state index in [4.69, 9.17) is 17.3 Å². The number of hydrogen-bond acceptors (Lipinski definition) is 4. The minimum Gasteiger partial charge on any atom is -0.384 e. The van der Waals surface area contributed by atoms with Crippen LogP contribution in [0.25, 0.3) is 0 Å². The second-order valence-corrected chi connectivity index (χ2v) is 5.84. The molecule has 0 saturated carbocycles. The SMILES string of the molecule is Cc1cc(Cl)ccc1[N+](=O)[O-].NC(/C=C\Nc1cccc(C(F)(F)F)c1)=NC=O. The number of alkyl halides is 3. The number of amides is 1. The molecule has 2 aromatic carbocycles. The number of nitro groups is 1. The van der Waals surface area contributed by atoms with Crippen LogP contribution in [0.2, 0.25) is 5.02 Å². The number of carbonyl (C=O) groups excluding carboxylic acids is 1. The highest BCUT2D eigenvalue weighted by molar-refractivity contribution is 6.30. The molecule has 0 saturated heterocycles. The maximum absolute atomic E-state index is 12.4. The Labute approximate surface area is 168 Å². The third-order valence-corrected chi connectivity index (χ3v) is 3.49. The van der Waals surface area contributed by atoms with Crippen LogP contribution in [0.3, 0.4) is 0 Å². The lowest BCUT2D eigenvalue weighted by Gasteiger charge is -2.08. The fourth-order valence-corrected chi connectivity index (χ4v) is 2.16. The number of carbonyl (C=O) groups is 1. The summed E-state index contributed by atoms with van der Waals surface area (Å²) < 4.78 is 37.2. The summed E-state index contributed by atoms with van der Waals surface area (Å²) in [7, 11) is 0. The van der Waals surface area contributed by atoms with E-state index >= 15 is 0 Å². The largest absolute Gasteiger partial charge is 0.416 e. The number of nitro benzene ring substituents is 1. The molecule has 2 aromatic rings. The normalized spacial score (nSPS) is 11.6. The number of hydrogen-bond donors (Lipinski definition) is 2. The van der Waals surface area contributed by atoms with Crippen LogP contribution in [-0.2, 0) is 11.0 Å². The van der Waals surface area contributed by atoms with Gasteiger partial charge in [-0.25, -0.2) is 0 Å². The molecule has 0 aliphatic heterocycles. The summed E-state index contributed by atoms with van der Waals surface area (Å²) in [5.74, 6) is -0.0514. The van der Waals surface area contributed by atoms with Crippen LogP contribution in [0.4, 0.5) is 24.5 Å². The number of aryl methyl sites for hydroxylation is 1. The third kappa shape index (κ3) is 8.43. The Hall–Kier alpha value is -3.40. The van der Waals surface area contributed by atoms with Gasteiger partial charge in [0.05, 0.1) is 10.5 Å². The summed E-state index contributed by atoms with van der Waals surface area (Å²) in [4.78, 5) is 23.0. The van der Waals surface area contributed by atoms with Crippen LogP contribution < -0.4 is 11.1 Å². The van der Waals surface area contributed by atoms with Crippen LogP contribution >= 0.6 is 11.6 Å². The van der Waals surface area contributed by atoms with Crippen molar-refractivity contribution >= 4 is 35.2 Å². The van der Waals surface area contributed by atoms with Crippen molar-refractivity contribution in [3.63, 3.8) is 0 Å². The molecule has 2 rings (SSSR count). The summed E-state index contributed by atoms with van der Waals surface area (Å²) in [5.41, 5.74) is 5.45. The monoisotopic (exact) mass is 428 g/mol. The van der Waals surface area contributed by atoms with Gasteiger partial charge in [0.1, 0.15) is 5.84 Å². The molecule has 29 heavy (non-hydrogen) atoms. The van der Waals surface area contributed by atoms with E-state index in [2.05, 4.69) is 10.3 Å². The van der Waals surface area contributed by atoms with Crippen molar-refractivity contribution in [2.45, 2.75) is 13.1 Å². The highest BCUT2D eigenvalue weighted by atomic mass is 35.5. The van der Waals surface area contributed by atoms with Gasteiger partial charge in [0.25, 0.3) is 5.69 Å². The smallest absolute Gasteiger partial charge is 0.384 e. The molecule has 0 fully saturated rings. The maximum atomic E-state index is 12.4. The van der Waals surface area contributed by atoms with Crippen LogP contribution in [0.15, 0.2) is 59.7 Å². The zero-order valence-corrected chi connectivity index (χ0v) is 15.7. The van der Waals surface area contributed by atoms with E-state index in [1.165, 1.54) is 36.5 Å². The second-order valence-electron chi connectivity index (χ2n) is 5.40. The molecule has 1 amide bonds. The zero-order chi connectivity index (χ0) is 22.0. The van der Waals surface area contributed by atoms with E-state index in [1.54, 1.807) is 13.0 Å². The predicted molar refractivity (Wildman–Crippen MR) is 105 cm³/mol. The van der Waals surface area contributed by atoms with Crippen LogP contribution in [0.5, 0.6) is 0 Å². The molecular formula is C18H16ClF3N4O3. The van der Waals surface area contributed by atoms with Gasteiger partial charge in [-0.3, -0.25) is 14.9 Å². The van der Waals surface area contributed by atoms with E-state index in [9.17, 15) is 28.1 Å². The molecule has 3 N–H and O–H groups in total. The van der Waals surface area contributed by atoms with E-state index in [0.717, 1.165) is 12.1 Å². The van der Waals surface area contributed by atoms with E-state index in [-0.39, 0.29) is 23.6 Å². The number of benzene rings is 2. The maximum Gasteiger partial charge on any atom is 0.416 e. The number of nitrogens with one attached hydrogen (secondary N) is 1. The number of anilines is 1. The number of amidine groups is 1. The number of halogens is 4. The Kier molecular flexibility index (Phi) is 8.81. The first-order valence-electron chi connectivity index (χ1n) is 7.82. The van der Waals surface area contributed by atoms with Gasteiger partial charge < -0.3 is 11.1 Å². The average Bonchev–Trinajstić information content (AvgIpc) is 2.61. The quantitative estimate of drug-likeness (QED) is 0.236. The summed E-state index contributed by atoms with van der Waals surface area (Å²) in [6, 6.07) is 9.15. The Bertz CT molecular complexity index is 931. The lowest BCUT2D eigenvalue weighted by molar-refractivity contribution is -0.385. The molecule has 0 aliphatic carbocycles. The molecule has 154 valence electrons. The van der Waals surface area contributed by atoms with Gasteiger partial charge in [-0.15, -0.1) is 0 Å². The molecule has 0 spiro atoms. The molecule has 0 unspecified atom stereocenters. The van der Waals surface area contributed by atoms with E-state index < -0.39 is 16.7 Å². The summed E-state index contributed by atoms with van der Waals surface area (Å²) in [6.07, 6.45) is -1.57. The van der Waals surface area contributed by atoms with Crippen LogP contribution in [0.1, 0.15) is 11.1 Å². The van der Waals surface area contributed by atoms with Gasteiger partial charge in [-0.1, -0.05) is 17.7 Å². The van der Waals surface area contributed by atoms with Gasteiger partial charge in [-0.2, -0.15) is 18.2 Å². The van der Waals surface area contributed by atoms with Crippen molar-refractivity contribution in [2.75, 3.05) is 5.32 Å². The summed E-state index contributed by atoms with van der Waals surface area (Å²) >= 11 is 5.60. The minimum absolute atomic E-state index is 0.0514. The van der Waals surface area contributed by atoms with Gasteiger partial charge >= 0.3 is 6.18 Å². The molecule has 0 aromatic heterocycles. The van der Waals surface area contributed by atoms with Gasteiger partial charge in [0.2, 0.25) is 6.41 Å². The van der Waals surface area contributed by atoms with Gasteiger partial charge in [-0.05, 0) is 43.3 Å². The fourth-order valence-electron chi connectivity index (χ4n) is 1.94. The highest BCUT2D eigenvalue weighted by Gasteiger charge is 2.30. The standard InChI is InChI=1S/C11H10F3N3O.C7H6ClNO2/c12-11(13,14)8-2-1-3-9(6-8)16-5-4-10(15)17-7-18;1-5-4-6(8)2-3-7(5)9(10)11/h1-7,16H,(H2,15,17,18);2-4H,1H3/b5-4-;. The van der Waals surface area contributed by atoms with E-state index in [0.29, 0.717) is 10.6 Å². The lowest BCUT2D eigenvalue weighted by atomic mass is 10.2.